The Labute approximate surface area is 193 Å². The molecule has 0 bridgehead atoms. The number of rotatable bonds is 8. The Morgan fingerprint density at radius 2 is 1.55 bits per heavy atom. The van der Waals surface area contributed by atoms with Crippen molar-refractivity contribution < 1.29 is 9.47 Å². The Balaban J connectivity index is 0.000000452. The van der Waals surface area contributed by atoms with Crippen molar-refractivity contribution in [2.45, 2.75) is 90.5 Å². The van der Waals surface area contributed by atoms with Crippen molar-refractivity contribution in [3.8, 4) is 0 Å². The largest absolute Gasteiger partial charge is 0.483 e. The summed E-state index contributed by atoms with van der Waals surface area (Å²) in [5.74, 6) is 1.74. The number of aliphatic imine (C=N–C) groups is 1. The molecule has 0 atom stereocenters. The van der Waals surface area contributed by atoms with Gasteiger partial charge in [0.1, 0.15) is 0 Å². The van der Waals surface area contributed by atoms with E-state index in [0.717, 1.165) is 32.0 Å². The summed E-state index contributed by atoms with van der Waals surface area (Å²) in [5, 5.41) is 6.29. The molecule has 0 amide bonds. The van der Waals surface area contributed by atoms with E-state index in [-0.39, 0.29) is 0 Å². The van der Waals surface area contributed by atoms with Crippen LogP contribution in [0.2, 0.25) is 0 Å². The maximum atomic E-state index is 5.02. The van der Waals surface area contributed by atoms with Crippen LogP contribution in [0.4, 0.5) is 0 Å². The molecule has 6 heteroatoms. The summed E-state index contributed by atoms with van der Waals surface area (Å²) in [6, 6.07) is 1.25. The molecule has 0 aromatic carbocycles. The minimum absolute atomic E-state index is 0.608. The van der Waals surface area contributed by atoms with Crippen molar-refractivity contribution in [2.75, 3.05) is 47.9 Å². The number of hydrogen-bond acceptors (Lipinski definition) is 5. The van der Waals surface area contributed by atoms with Gasteiger partial charge in [-0.1, -0.05) is 58.3 Å². The summed E-state index contributed by atoms with van der Waals surface area (Å²) in [6.07, 6.45) is 15.1. The van der Waals surface area contributed by atoms with Crippen LogP contribution in [0, 0.1) is 5.92 Å². The SMILES string of the molecule is C=C(NC1CCCCC1)OC.CC1CCCCC1.CCNC(=NCCCN(C)C)OC. The van der Waals surface area contributed by atoms with E-state index in [0.29, 0.717) is 17.9 Å². The van der Waals surface area contributed by atoms with Crippen LogP contribution in [-0.2, 0) is 9.47 Å². The second kappa shape index (κ2) is 20.5. The molecule has 0 aromatic heterocycles. The number of nitrogens with zero attached hydrogens (tertiary/aromatic N) is 2. The topological polar surface area (TPSA) is 58.1 Å². The Morgan fingerprint density at radius 1 is 0.968 bits per heavy atom. The van der Waals surface area contributed by atoms with Crippen LogP contribution < -0.4 is 10.6 Å². The summed E-state index contributed by atoms with van der Waals surface area (Å²) in [7, 11) is 7.40. The Morgan fingerprint density at radius 3 is 1.97 bits per heavy atom. The van der Waals surface area contributed by atoms with E-state index in [9.17, 15) is 0 Å². The van der Waals surface area contributed by atoms with Gasteiger partial charge in [-0.25, -0.2) is 4.99 Å². The number of hydrogen-bond donors (Lipinski definition) is 2. The fraction of sp³-hybridized carbons (Fsp3) is 0.880. The molecule has 184 valence electrons. The Kier molecular flexibility index (Phi) is 19.5. The smallest absolute Gasteiger partial charge is 0.284 e. The van der Waals surface area contributed by atoms with Crippen molar-refractivity contribution in [3.63, 3.8) is 0 Å². The van der Waals surface area contributed by atoms with Gasteiger partial charge in [-0.2, -0.15) is 0 Å². The number of methoxy groups -OCH3 is 2. The molecule has 31 heavy (non-hydrogen) atoms. The third-order valence-corrected chi connectivity index (χ3v) is 5.65. The van der Waals surface area contributed by atoms with Crippen LogP contribution in [0.1, 0.15) is 84.5 Å². The molecule has 2 fully saturated rings. The number of amidine groups is 1. The average Bonchev–Trinajstić information content (AvgIpc) is 2.78. The first kappa shape index (κ1) is 29.6. The number of nitrogens with one attached hydrogen (secondary N) is 2. The molecule has 0 spiro atoms. The Bertz CT molecular complexity index is 443. The van der Waals surface area contributed by atoms with Gasteiger partial charge in [-0.05, 0) is 59.3 Å². The summed E-state index contributed by atoms with van der Waals surface area (Å²) in [4.78, 5) is 6.41. The normalized spacial score (nSPS) is 17.6. The molecule has 0 aromatic rings. The molecule has 2 aliphatic carbocycles. The molecule has 2 saturated carbocycles. The molecule has 0 unspecified atom stereocenters. The minimum Gasteiger partial charge on any atom is -0.483 e. The third-order valence-electron chi connectivity index (χ3n) is 5.65. The second-order valence-electron chi connectivity index (χ2n) is 8.93. The Hall–Kier alpha value is -1.43. The molecule has 2 rings (SSSR count). The van der Waals surface area contributed by atoms with Gasteiger partial charge in [0.05, 0.1) is 14.2 Å². The molecule has 6 nitrogen and oxygen atoms in total. The molecule has 0 radical (unpaired) electrons. The summed E-state index contributed by atoms with van der Waals surface area (Å²) >= 11 is 0. The highest BCUT2D eigenvalue weighted by Crippen LogP contribution is 2.22. The molecule has 2 aliphatic rings. The van der Waals surface area contributed by atoms with E-state index < -0.39 is 0 Å². The van der Waals surface area contributed by atoms with E-state index >= 15 is 0 Å². The molecule has 0 aliphatic heterocycles. The van der Waals surface area contributed by atoms with Crippen LogP contribution in [0.5, 0.6) is 0 Å². The highest BCUT2D eigenvalue weighted by molar-refractivity contribution is 5.73. The van der Waals surface area contributed by atoms with Gasteiger partial charge in [0.2, 0.25) is 0 Å². The van der Waals surface area contributed by atoms with Crippen LogP contribution in [0.15, 0.2) is 17.5 Å². The maximum absolute atomic E-state index is 5.02. The van der Waals surface area contributed by atoms with Crippen molar-refractivity contribution in [3.05, 3.63) is 12.5 Å². The van der Waals surface area contributed by atoms with E-state index in [1.165, 1.54) is 64.2 Å². The van der Waals surface area contributed by atoms with Crippen molar-refractivity contribution in [1.82, 2.24) is 15.5 Å². The third kappa shape index (κ3) is 19.0. The van der Waals surface area contributed by atoms with Crippen LogP contribution >= 0.6 is 0 Å². The number of ether oxygens (including phenoxy) is 2. The summed E-state index contributed by atoms with van der Waals surface area (Å²) in [5.41, 5.74) is 0. The monoisotopic (exact) mass is 440 g/mol. The lowest BCUT2D eigenvalue weighted by Gasteiger charge is -2.23. The molecule has 0 heterocycles. The van der Waals surface area contributed by atoms with E-state index in [1.807, 2.05) is 6.92 Å². The zero-order valence-corrected chi connectivity index (χ0v) is 21.5. The van der Waals surface area contributed by atoms with E-state index in [4.69, 9.17) is 9.47 Å². The fourth-order valence-corrected chi connectivity index (χ4v) is 3.75. The molecule has 0 saturated heterocycles. The zero-order chi connectivity index (χ0) is 23.3. The summed E-state index contributed by atoms with van der Waals surface area (Å²) < 4.78 is 9.97. The highest BCUT2D eigenvalue weighted by Gasteiger charge is 2.12. The lowest BCUT2D eigenvalue weighted by molar-refractivity contribution is 0.237. The maximum Gasteiger partial charge on any atom is 0.284 e. The first-order valence-electron chi connectivity index (χ1n) is 12.4. The minimum atomic E-state index is 0.608. The van der Waals surface area contributed by atoms with Gasteiger partial charge in [0.25, 0.3) is 6.02 Å². The predicted octanol–water partition coefficient (Wildman–Crippen LogP) is 5.16. The highest BCUT2D eigenvalue weighted by atomic mass is 16.5. The second-order valence-corrected chi connectivity index (χ2v) is 8.93. The average molecular weight is 441 g/mol. The van der Waals surface area contributed by atoms with Crippen molar-refractivity contribution in [1.29, 1.82) is 0 Å². The lowest BCUT2D eigenvalue weighted by Crippen LogP contribution is -2.30. The standard InChI is InChI=1S/C9H21N3O.C9H17NO.C7H14/c1-5-10-9(13-4)11-7-6-8-12(2)3;1-8(11-2)10-9-6-4-3-5-7-9;1-7-5-3-2-4-6-7/h5-8H2,1-4H3,(H,10,11);9-10H,1,3-7H2,2H3;7H,2-6H2,1H3. The van der Waals surface area contributed by atoms with Crippen LogP contribution in [0.3, 0.4) is 0 Å². The van der Waals surface area contributed by atoms with Gasteiger partial charge in [-0.15, -0.1) is 0 Å². The molecular weight excluding hydrogens is 388 g/mol. The van der Waals surface area contributed by atoms with Gasteiger partial charge in [0.15, 0.2) is 5.88 Å². The van der Waals surface area contributed by atoms with E-state index in [1.54, 1.807) is 14.2 Å². The fourth-order valence-electron chi connectivity index (χ4n) is 3.75. The first-order chi connectivity index (χ1) is 14.9. The van der Waals surface area contributed by atoms with Gasteiger partial charge in [0, 0.05) is 19.1 Å². The van der Waals surface area contributed by atoms with Gasteiger partial charge >= 0.3 is 0 Å². The van der Waals surface area contributed by atoms with Crippen LogP contribution in [0.25, 0.3) is 0 Å². The van der Waals surface area contributed by atoms with Crippen molar-refractivity contribution in [2.24, 2.45) is 10.9 Å². The quantitative estimate of drug-likeness (QED) is 0.236. The van der Waals surface area contributed by atoms with Crippen molar-refractivity contribution >= 4 is 6.02 Å². The van der Waals surface area contributed by atoms with Gasteiger partial charge < -0.3 is 25.0 Å². The molecule has 2 N–H and O–H groups in total. The summed E-state index contributed by atoms with van der Waals surface area (Å²) in [6.45, 7) is 10.8. The lowest BCUT2D eigenvalue weighted by atomic mass is 9.91. The van der Waals surface area contributed by atoms with E-state index in [2.05, 4.69) is 48.1 Å². The predicted molar refractivity (Wildman–Crippen MR) is 135 cm³/mol. The van der Waals surface area contributed by atoms with Gasteiger partial charge in [-0.3, -0.25) is 0 Å². The zero-order valence-electron chi connectivity index (χ0n) is 21.5. The first-order valence-corrected chi connectivity index (χ1v) is 12.4. The molecular formula is C25H52N4O2. The van der Waals surface area contributed by atoms with Crippen LogP contribution in [-0.4, -0.2) is 64.9 Å².